The fourth-order valence-electron chi connectivity index (χ4n) is 8.16. The van der Waals surface area contributed by atoms with Crippen molar-refractivity contribution in [2.45, 2.75) is 64.0 Å². The Balaban J connectivity index is 0.911. The van der Waals surface area contributed by atoms with Crippen LogP contribution in [0.15, 0.2) is 77.8 Å². The van der Waals surface area contributed by atoms with Gasteiger partial charge in [-0.15, -0.1) is 0 Å². The Hall–Kier alpha value is -6.17. The first kappa shape index (κ1) is 36.8. The van der Waals surface area contributed by atoms with E-state index in [1.54, 1.807) is 21.9 Å². The van der Waals surface area contributed by atoms with Crippen LogP contribution in [0.5, 0.6) is 17.2 Å². The molecule has 2 atom stereocenters. The predicted molar refractivity (Wildman–Crippen MR) is 212 cm³/mol. The summed E-state index contributed by atoms with van der Waals surface area (Å²) in [7, 11) is 2.82. The van der Waals surface area contributed by atoms with Crippen LogP contribution in [0.1, 0.15) is 69.5 Å². The van der Waals surface area contributed by atoms with Gasteiger partial charge in [0, 0.05) is 49.1 Å². The number of carbonyl (C=O) groups excluding carboxylic acids is 4. The lowest BCUT2D eigenvalue weighted by Gasteiger charge is -2.27. The molecule has 0 unspecified atom stereocenters. The highest BCUT2D eigenvalue weighted by Crippen LogP contribution is 2.43. The van der Waals surface area contributed by atoms with Gasteiger partial charge >= 0.3 is 5.97 Å². The minimum atomic E-state index is -0.477. The summed E-state index contributed by atoms with van der Waals surface area (Å²) in [6, 6.07) is 22.5. The third-order valence-corrected chi connectivity index (χ3v) is 11.0. The number of aliphatic imine (C=N–C) groups is 1. The first-order valence-corrected chi connectivity index (χ1v) is 19.1. The summed E-state index contributed by atoms with van der Waals surface area (Å²) >= 11 is 0. The molecule has 4 heterocycles. The molecule has 0 spiro atoms. The van der Waals surface area contributed by atoms with Gasteiger partial charge < -0.3 is 28.7 Å². The molecule has 0 saturated carbocycles. The SMILES string of the molecule is COC(=O)CCC(=O)N1C[C@@H]2Cc3ccccc3N2C(=O)c2cc(OC)c(OCCCCCOc3cc4c(cc3C)C(=O)N3c5ccccc5C[C@H]3C=N4)cc21. The first-order valence-electron chi connectivity index (χ1n) is 19.1. The third kappa shape index (κ3) is 6.84. The molecule has 4 aliphatic heterocycles. The number of unbranched alkanes of at least 4 members (excludes halogenated alkanes) is 2. The second-order valence-corrected chi connectivity index (χ2v) is 14.5. The number of hydrogen-bond acceptors (Lipinski definition) is 9. The Bertz CT molecular complexity index is 2250. The molecule has 0 bridgehead atoms. The number of anilines is 3. The molecule has 0 saturated heterocycles. The van der Waals surface area contributed by atoms with Crippen LogP contribution in [0, 0.1) is 6.92 Å². The molecule has 12 heteroatoms. The highest BCUT2D eigenvalue weighted by Gasteiger charge is 2.42. The molecule has 0 fully saturated rings. The number of fused-ring (bicyclic) bond motifs is 8. The van der Waals surface area contributed by atoms with Crippen molar-refractivity contribution in [3.8, 4) is 17.2 Å². The Kier molecular flexibility index (Phi) is 10.2. The number of carbonyl (C=O) groups is 4. The zero-order valence-electron chi connectivity index (χ0n) is 31.8. The van der Waals surface area contributed by atoms with Gasteiger partial charge in [0.05, 0.1) is 68.4 Å². The Morgan fingerprint density at radius 2 is 1.41 bits per heavy atom. The van der Waals surface area contributed by atoms with Crippen molar-refractivity contribution in [3.63, 3.8) is 0 Å². The summed E-state index contributed by atoms with van der Waals surface area (Å²) in [5.74, 6) is 0.468. The third-order valence-electron chi connectivity index (χ3n) is 11.0. The molecule has 0 N–H and O–H groups in total. The largest absolute Gasteiger partial charge is 0.493 e. The van der Waals surface area contributed by atoms with Crippen LogP contribution in [0.2, 0.25) is 0 Å². The molecule has 288 valence electrons. The van der Waals surface area contributed by atoms with Crippen molar-refractivity contribution in [2.24, 2.45) is 4.99 Å². The van der Waals surface area contributed by atoms with E-state index in [1.165, 1.54) is 14.2 Å². The van der Waals surface area contributed by atoms with Gasteiger partial charge in [0.15, 0.2) is 11.5 Å². The molecule has 56 heavy (non-hydrogen) atoms. The van der Waals surface area contributed by atoms with Gasteiger partial charge in [0.2, 0.25) is 5.91 Å². The van der Waals surface area contributed by atoms with E-state index < -0.39 is 5.97 Å². The summed E-state index contributed by atoms with van der Waals surface area (Å²) in [6.07, 6.45) is 5.39. The van der Waals surface area contributed by atoms with Crippen molar-refractivity contribution in [3.05, 3.63) is 101 Å². The lowest BCUT2D eigenvalue weighted by atomic mass is 10.1. The van der Waals surface area contributed by atoms with Crippen molar-refractivity contribution in [1.82, 2.24) is 0 Å². The van der Waals surface area contributed by atoms with Crippen LogP contribution in [-0.4, -0.2) is 76.0 Å². The standard InChI is InChI=1S/C44H44N4O8/c1-27-19-32-34(45-25-30-20-28-11-5-7-13-35(28)47(30)43(32)51)23-38(27)55-17-9-4-10-18-56-40-24-37-33(22-39(40)53-2)44(52)48-31(21-29-12-6-8-14-36(29)48)26-46(37)41(49)15-16-42(50)54-3/h5-8,11-14,19,22-25,30-31H,4,9-10,15-18,20-21,26H2,1-3H3/t30-,31-/m0/s1. The highest BCUT2D eigenvalue weighted by atomic mass is 16.5. The van der Waals surface area contributed by atoms with Gasteiger partial charge in [-0.1, -0.05) is 36.4 Å². The summed E-state index contributed by atoms with van der Waals surface area (Å²) in [4.78, 5) is 63.5. The molecule has 4 aromatic rings. The maximum Gasteiger partial charge on any atom is 0.306 e. The summed E-state index contributed by atoms with van der Waals surface area (Å²) in [6.45, 7) is 3.06. The van der Waals surface area contributed by atoms with Crippen LogP contribution >= 0.6 is 0 Å². The number of para-hydroxylation sites is 2. The van der Waals surface area contributed by atoms with Gasteiger partial charge in [0.1, 0.15) is 5.75 Å². The fourth-order valence-corrected chi connectivity index (χ4v) is 8.16. The second kappa shape index (κ2) is 15.5. The fraction of sp³-hybridized carbons (Fsp3) is 0.341. The van der Waals surface area contributed by atoms with Crippen molar-refractivity contribution in [2.75, 3.05) is 48.7 Å². The highest BCUT2D eigenvalue weighted by molar-refractivity contribution is 6.16. The topological polar surface area (TPSA) is 127 Å². The van der Waals surface area contributed by atoms with E-state index in [0.29, 0.717) is 59.4 Å². The summed E-state index contributed by atoms with van der Waals surface area (Å²) in [5, 5.41) is 0. The van der Waals surface area contributed by atoms with E-state index >= 15 is 0 Å². The zero-order valence-corrected chi connectivity index (χ0v) is 31.8. The van der Waals surface area contributed by atoms with E-state index in [4.69, 9.17) is 23.9 Å². The molecule has 0 radical (unpaired) electrons. The minimum absolute atomic E-state index is 0.0520. The molecule has 4 aromatic carbocycles. The van der Waals surface area contributed by atoms with Gasteiger partial charge in [-0.25, -0.2) is 0 Å². The zero-order chi connectivity index (χ0) is 38.9. The molecule has 8 rings (SSSR count). The molecule has 0 aromatic heterocycles. The van der Waals surface area contributed by atoms with Gasteiger partial charge in [-0.05, 0) is 73.6 Å². The number of ether oxygens (including phenoxy) is 4. The van der Waals surface area contributed by atoms with Crippen LogP contribution < -0.4 is 28.9 Å². The Labute approximate surface area is 325 Å². The van der Waals surface area contributed by atoms with E-state index in [9.17, 15) is 19.2 Å². The average Bonchev–Trinajstić information content (AvgIpc) is 3.71. The predicted octanol–water partition coefficient (Wildman–Crippen LogP) is 6.79. The molecule has 3 amide bonds. The second-order valence-electron chi connectivity index (χ2n) is 14.5. The number of hydrogen-bond donors (Lipinski definition) is 0. The van der Waals surface area contributed by atoms with Crippen molar-refractivity contribution in [1.29, 1.82) is 0 Å². The number of benzene rings is 4. The van der Waals surface area contributed by atoms with E-state index in [2.05, 4.69) is 6.07 Å². The van der Waals surface area contributed by atoms with E-state index in [0.717, 1.165) is 53.7 Å². The van der Waals surface area contributed by atoms with Crippen molar-refractivity contribution < 1.29 is 38.1 Å². The number of nitrogens with zero attached hydrogens (tertiary/aromatic N) is 4. The molecular weight excluding hydrogens is 713 g/mol. The maximum atomic E-state index is 14.2. The van der Waals surface area contributed by atoms with E-state index in [-0.39, 0.29) is 49.2 Å². The quantitative estimate of drug-likeness (QED) is 0.114. The normalized spacial score (nSPS) is 17.5. The summed E-state index contributed by atoms with van der Waals surface area (Å²) in [5.41, 5.74) is 6.76. The average molecular weight is 757 g/mol. The lowest BCUT2D eigenvalue weighted by Crippen LogP contribution is -2.44. The molecule has 12 nitrogen and oxygen atoms in total. The number of methoxy groups -OCH3 is 2. The van der Waals surface area contributed by atoms with Crippen LogP contribution in [0.4, 0.5) is 22.7 Å². The van der Waals surface area contributed by atoms with Crippen molar-refractivity contribution >= 4 is 52.7 Å². The Morgan fingerprint density at radius 3 is 2.14 bits per heavy atom. The lowest BCUT2D eigenvalue weighted by molar-refractivity contribution is -0.141. The number of esters is 1. The van der Waals surface area contributed by atoms with Crippen LogP contribution in [-0.2, 0) is 27.2 Å². The number of rotatable bonds is 12. The van der Waals surface area contributed by atoms with E-state index in [1.807, 2.05) is 72.6 Å². The molecule has 0 aliphatic carbocycles. The summed E-state index contributed by atoms with van der Waals surface area (Å²) < 4.78 is 22.9. The Morgan fingerprint density at radius 1 is 0.732 bits per heavy atom. The maximum absolute atomic E-state index is 14.2. The first-order chi connectivity index (χ1) is 27.2. The molecular formula is C44H44N4O8. The minimum Gasteiger partial charge on any atom is -0.493 e. The van der Waals surface area contributed by atoms with Gasteiger partial charge in [-0.3, -0.25) is 29.1 Å². The molecule has 4 aliphatic rings. The smallest absolute Gasteiger partial charge is 0.306 e. The van der Waals surface area contributed by atoms with Gasteiger partial charge in [0.25, 0.3) is 11.8 Å². The van der Waals surface area contributed by atoms with Crippen LogP contribution in [0.3, 0.4) is 0 Å². The number of amides is 3. The van der Waals surface area contributed by atoms with Gasteiger partial charge in [-0.2, -0.15) is 0 Å². The number of aryl methyl sites for hydroxylation is 1. The monoisotopic (exact) mass is 756 g/mol. The van der Waals surface area contributed by atoms with Crippen LogP contribution in [0.25, 0.3) is 0 Å².